The van der Waals surface area contributed by atoms with Gasteiger partial charge < -0.3 is 14.1 Å². The van der Waals surface area contributed by atoms with Crippen molar-refractivity contribution in [2.75, 3.05) is 7.05 Å². The number of nitro benzene ring substituents is 1. The molecule has 0 fully saturated rings. The Labute approximate surface area is 185 Å². The van der Waals surface area contributed by atoms with E-state index in [0.717, 1.165) is 24.2 Å². The summed E-state index contributed by atoms with van der Waals surface area (Å²) in [7, 11) is 1.79. The quantitative estimate of drug-likeness (QED) is 0.322. The number of hydrogen-bond donors (Lipinski definition) is 0. The van der Waals surface area contributed by atoms with Crippen molar-refractivity contribution in [1.82, 2.24) is 4.90 Å². The lowest BCUT2D eigenvalue weighted by molar-refractivity contribution is -0.384. The second kappa shape index (κ2) is 10.1. The van der Waals surface area contributed by atoms with E-state index in [4.69, 9.17) is 20.8 Å². The number of halogens is 1. The van der Waals surface area contributed by atoms with Gasteiger partial charge in [-0.1, -0.05) is 23.7 Å². The van der Waals surface area contributed by atoms with Crippen LogP contribution in [0, 0.1) is 10.1 Å². The minimum atomic E-state index is -0.514. The first-order valence-corrected chi connectivity index (χ1v) is 10.2. The maximum absolute atomic E-state index is 12.8. The van der Waals surface area contributed by atoms with Crippen LogP contribution in [-0.2, 0) is 13.0 Å². The number of nitrogens with zero attached hydrogens (tertiary/aromatic N) is 2. The number of hydrogen-bond acceptors (Lipinski definition) is 5. The molecule has 0 N–H and O–H groups in total. The standard InChI is InChI=1S/C23H23ClN2O5/c1-16(5-11-20-4-3-13-30-20)25(2)23(27)18-8-6-17(7-9-18)15-31-22-12-10-19(26(28)29)14-21(22)24/h3-4,6-10,12-14,16H,5,11,15H2,1-2H3. The number of benzene rings is 2. The van der Waals surface area contributed by atoms with Gasteiger partial charge >= 0.3 is 0 Å². The van der Waals surface area contributed by atoms with Gasteiger partial charge in [0.05, 0.1) is 16.2 Å². The highest BCUT2D eigenvalue weighted by molar-refractivity contribution is 6.32. The summed E-state index contributed by atoms with van der Waals surface area (Å²) in [4.78, 5) is 24.8. The Hall–Kier alpha value is -3.32. The average Bonchev–Trinajstić information content (AvgIpc) is 3.29. The van der Waals surface area contributed by atoms with E-state index in [2.05, 4.69) is 0 Å². The largest absolute Gasteiger partial charge is 0.487 e. The molecule has 8 heteroatoms. The van der Waals surface area contributed by atoms with Gasteiger partial charge in [-0.3, -0.25) is 14.9 Å². The number of rotatable bonds is 9. The maximum Gasteiger partial charge on any atom is 0.271 e. The van der Waals surface area contributed by atoms with Gasteiger partial charge in [0, 0.05) is 37.2 Å². The molecule has 1 aromatic heterocycles. The molecular weight excluding hydrogens is 420 g/mol. The molecule has 3 rings (SSSR count). The van der Waals surface area contributed by atoms with Crippen LogP contribution in [0.2, 0.25) is 5.02 Å². The molecule has 3 aromatic rings. The highest BCUT2D eigenvalue weighted by atomic mass is 35.5. The molecule has 162 valence electrons. The maximum atomic E-state index is 12.8. The topological polar surface area (TPSA) is 85.8 Å². The Bertz CT molecular complexity index is 1030. The summed E-state index contributed by atoms with van der Waals surface area (Å²) in [6, 6.07) is 15.1. The number of aryl methyl sites for hydroxylation is 1. The molecule has 1 amide bonds. The van der Waals surface area contributed by atoms with Crippen LogP contribution in [0.3, 0.4) is 0 Å². The van der Waals surface area contributed by atoms with E-state index < -0.39 is 4.92 Å². The van der Waals surface area contributed by atoms with Crippen molar-refractivity contribution in [3.8, 4) is 5.75 Å². The van der Waals surface area contributed by atoms with Crippen molar-refractivity contribution in [1.29, 1.82) is 0 Å². The van der Waals surface area contributed by atoms with Crippen LogP contribution in [-0.4, -0.2) is 28.8 Å². The molecule has 0 aliphatic rings. The third kappa shape index (κ3) is 5.86. The molecule has 0 aliphatic heterocycles. The van der Waals surface area contributed by atoms with Crippen LogP contribution >= 0.6 is 11.6 Å². The summed E-state index contributed by atoms with van der Waals surface area (Å²) >= 11 is 6.04. The van der Waals surface area contributed by atoms with Gasteiger partial charge in [0.15, 0.2) is 0 Å². The number of non-ortho nitro benzene ring substituents is 1. The molecule has 0 saturated carbocycles. The Morgan fingerprint density at radius 2 is 1.97 bits per heavy atom. The normalized spacial score (nSPS) is 11.7. The molecule has 0 bridgehead atoms. The molecule has 2 aromatic carbocycles. The van der Waals surface area contributed by atoms with Crippen molar-refractivity contribution in [3.63, 3.8) is 0 Å². The third-order valence-corrected chi connectivity index (χ3v) is 5.39. The molecule has 7 nitrogen and oxygen atoms in total. The lowest BCUT2D eigenvalue weighted by Crippen LogP contribution is -2.35. The average molecular weight is 443 g/mol. The van der Waals surface area contributed by atoms with Gasteiger partial charge in [0.2, 0.25) is 0 Å². The van der Waals surface area contributed by atoms with E-state index in [0.29, 0.717) is 11.3 Å². The lowest BCUT2D eigenvalue weighted by atomic mass is 10.1. The van der Waals surface area contributed by atoms with Crippen LogP contribution in [0.1, 0.15) is 35.0 Å². The molecule has 0 saturated heterocycles. The van der Waals surface area contributed by atoms with Gasteiger partial charge in [-0.15, -0.1) is 0 Å². The first-order valence-electron chi connectivity index (χ1n) is 9.80. The van der Waals surface area contributed by atoms with E-state index in [1.165, 1.54) is 18.2 Å². The van der Waals surface area contributed by atoms with Crippen molar-refractivity contribution < 1.29 is 18.9 Å². The van der Waals surface area contributed by atoms with E-state index in [-0.39, 0.29) is 29.3 Å². The summed E-state index contributed by atoms with van der Waals surface area (Å²) in [6.07, 6.45) is 3.22. The zero-order valence-corrected chi connectivity index (χ0v) is 18.0. The fourth-order valence-electron chi connectivity index (χ4n) is 3.03. The highest BCUT2D eigenvalue weighted by Crippen LogP contribution is 2.29. The number of ether oxygens (including phenoxy) is 1. The second-order valence-corrected chi connectivity index (χ2v) is 7.65. The van der Waals surface area contributed by atoms with Crippen molar-refractivity contribution in [3.05, 3.63) is 92.9 Å². The summed E-state index contributed by atoms with van der Waals surface area (Å²) in [5, 5.41) is 11.0. The summed E-state index contributed by atoms with van der Waals surface area (Å²) < 4.78 is 11.0. The second-order valence-electron chi connectivity index (χ2n) is 7.24. The Balaban J connectivity index is 1.55. The van der Waals surface area contributed by atoms with Crippen LogP contribution in [0.5, 0.6) is 5.75 Å². The fraction of sp³-hybridized carbons (Fsp3) is 0.261. The molecule has 1 atom stereocenters. The predicted octanol–water partition coefficient (Wildman–Crippen LogP) is 5.51. The molecule has 1 unspecified atom stereocenters. The van der Waals surface area contributed by atoms with Gasteiger partial charge in [-0.2, -0.15) is 0 Å². The van der Waals surface area contributed by atoms with Gasteiger partial charge in [0.25, 0.3) is 11.6 Å². The van der Waals surface area contributed by atoms with Gasteiger partial charge in [-0.05, 0) is 49.2 Å². The van der Waals surface area contributed by atoms with Crippen molar-refractivity contribution in [2.45, 2.75) is 32.4 Å². The zero-order valence-electron chi connectivity index (χ0n) is 17.3. The minimum absolute atomic E-state index is 0.0576. The first-order chi connectivity index (χ1) is 14.8. The fourth-order valence-corrected chi connectivity index (χ4v) is 3.26. The molecular formula is C23H23ClN2O5. The highest BCUT2D eigenvalue weighted by Gasteiger charge is 2.18. The van der Waals surface area contributed by atoms with Crippen LogP contribution < -0.4 is 4.74 Å². The van der Waals surface area contributed by atoms with Gasteiger partial charge in [0.1, 0.15) is 18.1 Å². The SMILES string of the molecule is CC(CCc1ccco1)N(C)C(=O)c1ccc(COc2ccc([N+](=O)[O-])cc2Cl)cc1. The van der Waals surface area contributed by atoms with E-state index >= 15 is 0 Å². The Morgan fingerprint density at radius 3 is 2.58 bits per heavy atom. The number of carbonyl (C=O) groups is 1. The smallest absolute Gasteiger partial charge is 0.271 e. The molecule has 31 heavy (non-hydrogen) atoms. The van der Waals surface area contributed by atoms with Crippen molar-refractivity contribution in [2.24, 2.45) is 0 Å². The van der Waals surface area contributed by atoms with Gasteiger partial charge in [-0.25, -0.2) is 0 Å². The number of carbonyl (C=O) groups excluding carboxylic acids is 1. The predicted molar refractivity (Wildman–Crippen MR) is 117 cm³/mol. The monoisotopic (exact) mass is 442 g/mol. The molecule has 0 spiro atoms. The Kier molecular flexibility index (Phi) is 7.31. The van der Waals surface area contributed by atoms with E-state index in [1.54, 1.807) is 30.3 Å². The minimum Gasteiger partial charge on any atom is -0.487 e. The number of nitro groups is 1. The first kappa shape index (κ1) is 22.4. The Morgan fingerprint density at radius 1 is 1.23 bits per heavy atom. The van der Waals surface area contributed by atoms with E-state index in [1.807, 2.05) is 31.2 Å². The zero-order chi connectivity index (χ0) is 22.4. The van der Waals surface area contributed by atoms with Crippen LogP contribution in [0.15, 0.2) is 65.3 Å². The molecule has 1 heterocycles. The van der Waals surface area contributed by atoms with E-state index in [9.17, 15) is 14.9 Å². The van der Waals surface area contributed by atoms with Crippen LogP contribution in [0.4, 0.5) is 5.69 Å². The van der Waals surface area contributed by atoms with Crippen molar-refractivity contribution >= 4 is 23.2 Å². The third-order valence-electron chi connectivity index (χ3n) is 5.09. The number of furan rings is 1. The summed E-state index contributed by atoms with van der Waals surface area (Å²) in [5.41, 5.74) is 1.34. The number of amides is 1. The lowest BCUT2D eigenvalue weighted by Gasteiger charge is -2.25. The van der Waals surface area contributed by atoms with Crippen LogP contribution in [0.25, 0.3) is 0 Å². The summed E-state index contributed by atoms with van der Waals surface area (Å²) in [5.74, 6) is 1.21. The molecule has 0 aliphatic carbocycles. The molecule has 0 radical (unpaired) electrons. The summed E-state index contributed by atoms with van der Waals surface area (Å²) in [6.45, 7) is 2.23.